The van der Waals surface area contributed by atoms with Gasteiger partial charge in [-0.3, -0.25) is 0 Å². The van der Waals surface area contributed by atoms with Gasteiger partial charge in [-0.25, -0.2) is 0 Å². The molecule has 0 spiro atoms. The number of hydrogen-bond donors (Lipinski definition) is 1. The van der Waals surface area contributed by atoms with Gasteiger partial charge in [0.1, 0.15) is 0 Å². The van der Waals surface area contributed by atoms with Gasteiger partial charge < -0.3 is 14.5 Å². The molecule has 0 saturated carbocycles. The second-order valence-electron chi connectivity index (χ2n) is 4.35. The third kappa shape index (κ3) is 2.51. The lowest BCUT2D eigenvalue weighted by Gasteiger charge is -2.24. The molecule has 94 valence electrons. The van der Waals surface area contributed by atoms with Crippen LogP contribution < -0.4 is 5.32 Å². The Hall–Kier alpha value is -1.88. The van der Waals surface area contributed by atoms with E-state index >= 15 is 0 Å². The monoisotopic (exact) mass is 245 g/mol. The van der Waals surface area contributed by atoms with Crippen LogP contribution in [0.5, 0.6) is 0 Å². The molecule has 0 atom stereocenters. The third-order valence-electron chi connectivity index (χ3n) is 3.08. The first kappa shape index (κ1) is 11.2. The molecule has 1 N–H and O–H groups in total. The molecule has 1 aromatic heterocycles. The van der Waals surface area contributed by atoms with E-state index in [1.807, 2.05) is 24.3 Å². The van der Waals surface area contributed by atoms with Crippen molar-refractivity contribution in [2.45, 2.75) is 18.9 Å². The van der Waals surface area contributed by atoms with Gasteiger partial charge in [-0.15, -0.1) is 10.2 Å². The Morgan fingerprint density at radius 3 is 2.56 bits per heavy atom. The van der Waals surface area contributed by atoms with Crippen LogP contribution in [0, 0.1) is 0 Å². The highest BCUT2D eigenvalue weighted by Gasteiger charge is 2.13. The molecule has 1 aliphatic rings. The SMILES string of the molecule is c1nnc(-c2ccc(NC3CCOCC3)cc2)o1. The highest BCUT2D eigenvalue weighted by molar-refractivity contribution is 5.58. The van der Waals surface area contributed by atoms with Gasteiger partial charge in [0.05, 0.1) is 0 Å². The first-order valence-corrected chi connectivity index (χ1v) is 6.13. The minimum Gasteiger partial charge on any atom is -0.423 e. The molecule has 5 nitrogen and oxygen atoms in total. The van der Waals surface area contributed by atoms with E-state index < -0.39 is 0 Å². The van der Waals surface area contributed by atoms with E-state index in [1.54, 1.807) is 0 Å². The second kappa shape index (κ2) is 5.18. The summed E-state index contributed by atoms with van der Waals surface area (Å²) < 4.78 is 10.5. The quantitative estimate of drug-likeness (QED) is 0.899. The van der Waals surface area contributed by atoms with E-state index in [0.29, 0.717) is 11.9 Å². The number of benzene rings is 1. The zero-order chi connectivity index (χ0) is 12.2. The van der Waals surface area contributed by atoms with Crippen LogP contribution in [0.3, 0.4) is 0 Å². The standard InChI is InChI=1S/C13H15N3O2/c1-3-11(15-12-5-7-17-8-6-12)4-2-10(1)13-16-14-9-18-13/h1-4,9,12,15H,5-8H2. The van der Waals surface area contributed by atoms with Crippen LogP contribution in [0.1, 0.15) is 12.8 Å². The summed E-state index contributed by atoms with van der Waals surface area (Å²) in [5.74, 6) is 0.549. The Labute approximate surface area is 105 Å². The summed E-state index contributed by atoms with van der Waals surface area (Å²) in [7, 11) is 0. The van der Waals surface area contributed by atoms with Gasteiger partial charge in [0.2, 0.25) is 12.3 Å². The smallest absolute Gasteiger partial charge is 0.247 e. The van der Waals surface area contributed by atoms with E-state index in [-0.39, 0.29) is 0 Å². The topological polar surface area (TPSA) is 60.2 Å². The van der Waals surface area contributed by atoms with Crippen LogP contribution >= 0.6 is 0 Å². The molecule has 0 radical (unpaired) electrons. The predicted molar refractivity (Wildman–Crippen MR) is 67.2 cm³/mol. The van der Waals surface area contributed by atoms with Crippen molar-refractivity contribution >= 4 is 5.69 Å². The summed E-state index contributed by atoms with van der Waals surface area (Å²) >= 11 is 0. The lowest BCUT2D eigenvalue weighted by Crippen LogP contribution is -2.27. The Morgan fingerprint density at radius 1 is 1.11 bits per heavy atom. The Balaban J connectivity index is 1.67. The molecule has 1 aromatic carbocycles. The molecule has 3 rings (SSSR count). The predicted octanol–water partition coefficient (Wildman–Crippen LogP) is 2.33. The number of nitrogens with zero attached hydrogens (tertiary/aromatic N) is 2. The maximum absolute atomic E-state index is 5.34. The van der Waals surface area contributed by atoms with Crippen molar-refractivity contribution in [1.29, 1.82) is 0 Å². The number of aromatic nitrogens is 2. The lowest BCUT2D eigenvalue weighted by atomic mass is 10.1. The normalized spacial score (nSPS) is 16.7. The third-order valence-corrected chi connectivity index (χ3v) is 3.08. The summed E-state index contributed by atoms with van der Waals surface area (Å²) in [6, 6.07) is 8.54. The minimum absolute atomic E-state index is 0.507. The maximum atomic E-state index is 5.34. The van der Waals surface area contributed by atoms with E-state index in [1.165, 1.54) is 6.39 Å². The van der Waals surface area contributed by atoms with E-state index in [4.69, 9.17) is 9.15 Å². The molecule has 0 bridgehead atoms. The van der Waals surface area contributed by atoms with Gasteiger partial charge in [-0.2, -0.15) is 0 Å². The summed E-state index contributed by atoms with van der Waals surface area (Å²) in [6.07, 6.45) is 3.46. The molecular formula is C13H15N3O2. The average Bonchev–Trinajstić information content (AvgIpc) is 2.95. The summed E-state index contributed by atoms with van der Waals surface area (Å²) in [5, 5.41) is 11.1. The van der Waals surface area contributed by atoms with Gasteiger partial charge in [-0.1, -0.05) is 0 Å². The van der Waals surface area contributed by atoms with Gasteiger partial charge in [0.25, 0.3) is 0 Å². The molecule has 0 unspecified atom stereocenters. The van der Waals surface area contributed by atoms with Crippen molar-refractivity contribution in [2.75, 3.05) is 18.5 Å². The second-order valence-corrected chi connectivity index (χ2v) is 4.35. The summed E-state index contributed by atoms with van der Waals surface area (Å²) in [5.41, 5.74) is 2.05. The molecule has 2 heterocycles. The highest BCUT2D eigenvalue weighted by Crippen LogP contribution is 2.20. The Bertz CT molecular complexity index is 475. The van der Waals surface area contributed by atoms with Crippen LogP contribution in [0.15, 0.2) is 35.1 Å². The molecule has 0 amide bonds. The molecular weight excluding hydrogens is 230 g/mol. The van der Waals surface area contributed by atoms with Gasteiger partial charge in [-0.05, 0) is 37.1 Å². The number of nitrogens with one attached hydrogen (secondary N) is 1. The van der Waals surface area contributed by atoms with Crippen LogP contribution in [0.2, 0.25) is 0 Å². The molecule has 5 heteroatoms. The van der Waals surface area contributed by atoms with Crippen molar-refractivity contribution < 1.29 is 9.15 Å². The number of hydrogen-bond acceptors (Lipinski definition) is 5. The summed E-state index contributed by atoms with van der Waals surface area (Å²) in [4.78, 5) is 0. The van der Waals surface area contributed by atoms with Gasteiger partial charge in [0.15, 0.2) is 0 Å². The Kier molecular flexibility index (Phi) is 3.23. The fraction of sp³-hybridized carbons (Fsp3) is 0.385. The van der Waals surface area contributed by atoms with Crippen LogP contribution in [0.25, 0.3) is 11.5 Å². The lowest BCUT2D eigenvalue weighted by molar-refractivity contribution is 0.0904. The minimum atomic E-state index is 0.507. The van der Waals surface area contributed by atoms with Crippen molar-refractivity contribution in [3.8, 4) is 11.5 Å². The zero-order valence-electron chi connectivity index (χ0n) is 10.0. The van der Waals surface area contributed by atoms with Crippen molar-refractivity contribution in [1.82, 2.24) is 10.2 Å². The molecule has 0 aliphatic carbocycles. The molecule has 1 fully saturated rings. The first-order valence-electron chi connectivity index (χ1n) is 6.13. The number of ether oxygens (including phenoxy) is 1. The first-order chi connectivity index (χ1) is 8.92. The van der Waals surface area contributed by atoms with Crippen LogP contribution in [0.4, 0.5) is 5.69 Å². The summed E-state index contributed by atoms with van der Waals surface area (Å²) in [6.45, 7) is 1.69. The molecule has 1 aliphatic heterocycles. The van der Waals surface area contributed by atoms with Crippen molar-refractivity contribution in [3.05, 3.63) is 30.7 Å². The van der Waals surface area contributed by atoms with E-state index in [2.05, 4.69) is 15.5 Å². The van der Waals surface area contributed by atoms with E-state index in [9.17, 15) is 0 Å². The van der Waals surface area contributed by atoms with E-state index in [0.717, 1.165) is 37.3 Å². The highest BCUT2D eigenvalue weighted by atomic mass is 16.5. The molecule has 1 saturated heterocycles. The molecule has 18 heavy (non-hydrogen) atoms. The Morgan fingerprint density at radius 2 is 1.89 bits per heavy atom. The fourth-order valence-corrected chi connectivity index (χ4v) is 2.09. The maximum Gasteiger partial charge on any atom is 0.247 e. The van der Waals surface area contributed by atoms with Crippen molar-refractivity contribution in [2.24, 2.45) is 0 Å². The van der Waals surface area contributed by atoms with Gasteiger partial charge in [0, 0.05) is 30.5 Å². The average molecular weight is 245 g/mol. The largest absolute Gasteiger partial charge is 0.423 e. The van der Waals surface area contributed by atoms with Crippen LogP contribution in [-0.2, 0) is 4.74 Å². The fourth-order valence-electron chi connectivity index (χ4n) is 2.09. The zero-order valence-corrected chi connectivity index (χ0v) is 10.0. The van der Waals surface area contributed by atoms with Gasteiger partial charge >= 0.3 is 0 Å². The molecule has 2 aromatic rings. The van der Waals surface area contributed by atoms with Crippen molar-refractivity contribution in [3.63, 3.8) is 0 Å². The van der Waals surface area contributed by atoms with Crippen LogP contribution in [-0.4, -0.2) is 29.5 Å². The number of anilines is 1. The number of rotatable bonds is 3.